The lowest BCUT2D eigenvalue weighted by molar-refractivity contribution is -0.189. The van der Waals surface area contributed by atoms with Crippen LogP contribution in [-0.2, 0) is 4.79 Å². The highest BCUT2D eigenvalue weighted by Gasteiger charge is 2.46. The van der Waals surface area contributed by atoms with Crippen LogP contribution in [0.4, 0.5) is 37.7 Å². The zero-order chi connectivity index (χ0) is 22.0. The molecule has 31 heavy (non-hydrogen) atoms. The van der Waals surface area contributed by atoms with Crippen LogP contribution >= 0.6 is 0 Å². The highest BCUT2D eigenvalue weighted by Crippen LogP contribution is 2.37. The van der Waals surface area contributed by atoms with Crippen molar-refractivity contribution in [3.05, 3.63) is 42.7 Å². The summed E-state index contributed by atoms with van der Waals surface area (Å²) in [6, 6.07) is 9.42. The summed E-state index contributed by atoms with van der Waals surface area (Å²) in [6.45, 7) is 0. The number of nitrogens with one attached hydrogen (secondary N) is 3. The fraction of sp³-hybridized carbons (Fsp3) is 0.158. The molecule has 1 amide bonds. The summed E-state index contributed by atoms with van der Waals surface area (Å²) in [6.07, 6.45) is -2.62. The highest BCUT2D eigenvalue weighted by molar-refractivity contribution is 5.99. The Balaban J connectivity index is 1.51. The predicted octanol–water partition coefficient (Wildman–Crippen LogP) is 3.30. The number of hydrogen-bond acceptors (Lipinski definition) is 9. The molecule has 10 nitrogen and oxygen atoms in total. The maximum Gasteiger partial charge on any atom is 0.482 e. The second kappa shape index (κ2) is 7.89. The third-order valence-corrected chi connectivity index (χ3v) is 4.20. The monoisotopic (exact) mass is 430 g/mol. The molecule has 160 valence electrons. The Bertz CT molecular complexity index is 1140. The van der Waals surface area contributed by atoms with E-state index in [1.165, 1.54) is 31.6 Å². The number of fused-ring (bicyclic) bond motifs is 1. The molecule has 3 aromatic rings. The maximum atomic E-state index is 13.3. The Labute approximate surface area is 174 Å². The van der Waals surface area contributed by atoms with E-state index in [2.05, 4.69) is 35.6 Å². The van der Waals surface area contributed by atoms with E-state index in [-0.39, 0.29) is 23.3 Å². The fourth-order valence-corrected chi connectivity index (χ4v) is 2.76. The van der Waals surface area contributed by atoms with Gasteiger partial charge in [0.1, 0.15) is 6.33 Å². The van der Waals surface area contributed by atoms with Crippen LogP contribution in [0.5, 0.6) is 17.2 Å². The number of amides is 1. The number of carbonyl (C=O) groups is 1. The van der Waals surface area contributed by atoms with Gasteiger partial charge in [0.25, 0.3) is 0 Å². The normalized spacial score (nSPS) is 14.0. The molecule has 0 bridgehead atoms. The van der Waals surface area contributed by atoms with E-state index in [4.69, 9.17) is 9.47 Å². The molecule has 1 aliphatic heterocycles. The van der Waals surface area contributed by atoms with Crippen LogP contribution in [-0.4, -0.2) is 41.2 Å². The highest BCUT2D eigenvalue weighted by atomic mass is 19.3. The number of halogens is 2. The van der Waals surface area contributed by atoms with Crippen LogP contribution in [0.1, 0.15) is 0 Å². The molecule has 0 spiro atoms. The topological polar surface area (TPSA) is 120 Å². The van der Waals surface area contributed by atoms with Crippen molar-refractivity contribution in [2.45, 2.75) is 6.11 Å². The number of ether oxygens (including phenoxy) is 3. The first kappa shape index (κ1) is 20.1. The van der Waals surface area contributed by atoms with E-state index < -0.39 is 12.0 Å². The summed E-state index contributed by atoms with van der Waals surface area (Å²) in [4.78, 5) is 23.7. The molecule has 1 aliphatic rings. The van der Waals surface area contributed by atoms with E-state index in [0.717, 1.165) is 0 Å². The van der Waals surface area contributed by atoms with Crippen molar-refractivity contribution >= 4 is 34.9 Å². The van der Waals surface area contributed by atoms with Crippen molar-refractivity contribution in [1.29, 1.82) is 0 Å². The van der Waals surface area contributed by atoms with Gasteiger partial charge >= 0.3 is 12.0 Å². The zero-order valence-electron chi connectivity index (χ0n) is 16.3. The van der Waals surface area contributed by atoms with Gasteiger partial charge in [0.15, 0.2) is 17.2 Å². The van der Waals surface area contributed by atoms with Crippen molar-refractivity contribution < 1.29 is 27.8 Å². The second-order valence-corrected chi connectivity index (χ2v) is 6.24. The first-order chi connectivity index (χ1) is 14.9. The van der Waals surface area contributed by atoms with Gasteiger partial charge in [-0.05, 0) is 30.3 Å². The Kier molecular flexibility index (Phi) is 5.11. The number of carbonyl (C=O) groups excluding carboxylic acids is 1. The third-order valence-electron chi connectivity index (χ3n) is 4.20. The van der Waals surface area contributed by atoms with Gasteiger partial charge in [0.05, 0.1) is 19.9 Å². The van der Waals surface area contributed by atoms with Gasteiger partial charge < -0.3 is 30.2 Å². The number of aromatic nitrogens is 3. The largest absolute Gasteiger partial charge is 0.493 e. The molecular weight excluding hydrogens is 414 g/mol. The van der Waals surface area contributed by atoms with E-state index in [0.29, 0.717) is 22.9 Å². The molecule has 2 heterocycles. The van der Waals surface area contributed by atoms with Crippen molar-refractivity contribution in [2.75, 3.05) is 30.2 Å². The average Bonchev–Trinajstić information content (AvgIpc) is 2.75. The average molecular weight is 430 g/mol. The first-order valence-corrected chi connectivity index (χ1v) is 8.85. The minimum absolute atomic E-state index is 0.0960. The number of benzene rings is 2. The summed E-state index contributed by atoms with van der Waals surface area (Å²) in [7, 11) is 3.07. The lowest BCUT2D eigenvalue weighted by Crippen LogP contribution is -2.43. The number of nitrogens with zero attached hydrogens (tertiary/aromatic N) is 3. The summed E-state index contributed by atoms with van der Waals surface area (Å²) in [5.41, 5.74) is 1.19. The number of anilines is 5. The molecule has 0 saturated heterocycles. The molecule has 0 radical (unpaired) electrons. The van der Waals surface area contributed by atoms with Crippen LogP contribution in [0.15, 0.2) is 42.7 Å². The minimum Gasteiger partial charge on any atom is -0.493 e. The molecule has 0 saturated carbocycles. The Morgan fingerprint density at radius 2 is 1.61 bits per heavy atom. The summed E-state index contributed by atoms with van der Waals surface area (Å²) in [5.74, 6) is -0.151. The van der Waals surface area contributed by atoms with Crippen LogP contribution in [0, 0.1) is 0 Å². The molecule has 3 N–H and O–H groups in total. The number of rotatable bonds is 6. The molecule has 2 aromatic carbocycles. The minimum atomic E-state index is -3.92. The molecule has 0 atom stereocenters. The second-order valence-electron chi connectivity index (χ2n) is 6.24. The van der Waals surface area contributed by atoms with E-state index in [1.807, 2.05) is 0 Å². The SMILES string of the molecule is COc1ccc(Nc2ncnc(Nc3ccc4c(c3)NC(=O)C(F)(F)O4)n2)cc1OC. The molecular formula is C19H16F2N6O4. The van der Waals surface area contributed by atoms with Gasteiger partial charge in [-0.2, -0.15) is 13.8 Å². The fourth-order valence-electron chi connectivity index (χ4n) is 2.76. The van der Waals surface area contributed by atoms with Gasteiger partial charge in [0.2, 0.25) is 11.9 Å². The molecule has 0 fully saturated rings. The number of hydrogen-bond donors (Lipinski definition) is 3. The Morgan fingerprint density at radius 1 is 0.968 bits per heavy atom. The van der Waals surface area contributed by atoms with Crippen LogP contribution in [0.3, 0.4) is 0 Å². The summed E-state index contributed by atoms with van der Waals surface area (Å²) in [5, 5.41) is 8.04. The number of alkyl halides is 2. The first-order valence-electron chi connectivity index (χ1n) is 8.85. The van der Waals surface area contributed by atoms with Crippen molar-refractivity contribution in [2.24, 2.45) is 0 Å². The Morgan fingerprint density at radius 3 is 2.29 bits per heavy atom. The van der Waals surface area contributed by atoms with E-state index in [1.54, 1.807) is 25.3 Å². The van der Waals surface area contributed by atoms with Crippen LogP contribution in [0.25, 0.3) is 0 Å². The predicted molar refractivity (Wildman–Crippen MR) is 107 cm³/mol. The van der Waals surface area contributed by atoms with Crippen molar-refractivity contribution in [3.8, 4) is 17.2 Å². The van der Waals surface area contributed by atoms with E-state index >= 15 is 0 Å². The van der Waals surface area contributed by atoms with Crippen molar-refractivity contribution in [3.63, 3.8) is 0 Å². The van der Waals surface area contributed by atoms with Gasteiger partial charge in [0, 0.05) is 17.4 Å². The van der Waals surface area contributed by atoms with Crippen LogP contribution < -0.4 is 30.2 Å². The standard InChI is InChI=1S/C19H16F2N6O4/c1-29-14-6-4-11(8-15(14)30-2)25-18-23-9-22-17(27-18)24-10-3-5-13-12(7-10)26-16(28)19(20,21)31-13/h3-9H,1-2H3,(H,26,28)(H2,22,23,24,25,27). The molecule has 4 rings (SSSR count). The lowest BCUT2D eigenvalue weighted by Gasteiger charge is -2.25. The summed E-state index contributed by atoms with van der Waals surface area (Å²) >= 11 is 0. The molecule has 0 unspecified atom stereocenters. The quantitative estimate of drug-likeness (QED) is 0.541. The zero-order valence-corrected chi connectivity index (χ0v) is 16.3. The maximum absolute atomic E-state index is 13.3. The van der Waals surface area contributed by atoms with Gasteiger partial charge in [-0.25, -0.2) is 9.97 Å². The van der Waals surface area contributed by atoms with Crippen molar-refractivity contribution in [1.82, 2.24) is 15.0 Å². The number of methoxy groups -OCH3 is 2. The van der Waals surface area contributed by atoms with E-state index in [9.17, 15) is 13.6 Å². The lowest BCUT2D eigenvalue weighted by atomic mass is 10.2. The van der Waals surface area contributed by atoms with Gasteiger partial charge in [-0.1, -0.05) is 0 Å². The molecule has 1 aromatic heterocycles. The molecule has 0 aliphatic carbocycles. The smallest absolute Gasteiger partial charge is 0.482 e. The third kappa shape index (κ3) is 4.22. The molecule has 12 heteroatoms. The van der Waals surface area contributed by atoms with Gasteiger partial charge in [-0.15, -0.1) is 0 Å². The summed E-state index contributed by atoms with van der Waals surface area (Å²) < 4.78 is 41.6. The van der Waals surface area contributed by atoms with Gasteiger partial charge in [-0.3, -0.25) is 4.79 Å². The van der Waals surface area contributed by atoms with Crippen LogP contribution in [0.2, 0.25) is 0 Å². The Hall–Kier alpha value is -4.22.